The second-order valence-electron chi connectivity index (χ2n) is 3.81. The molecule has 0 aromatic heterocycles. The Morgan fingerprint density at radius 1 is 1.43 bits per heavy atom. The number of nitrogens with zero attached hydrogens (tertiary/aromatic N) is 1. The number of rotatable bonds is 4. The average molecular weight is 195 g/mol. The van der Waals surface area contributed by atoms with E-state index in [9.17, 15) is 0 Å². The third kappa shape index (κ3) is 2.36. The van der Waals surface area contributed by atoms with E-state index in [-0.39, 0.29) is 6.61 Å². The summed E-state index contributed by atoms with van der Waals surface area (Å²) in [5.74, 6) is 1.02. The monoisotopic (exact) mass is 195 g/mol. The van der Waals surface area contributed by atoms with Crippen molar-refractivity contribution in [3.8, 4) is 0 Å². The highest BCUT2D eigenvalue weighted by molar-refractivity contribution is 5.16. The molecule has 0 unspecified atom stereocenters. The molecule has 0 aromatic rings. The zero-order valence-electron chi connectivity index (χ0n) is 8.35. The molecule has 1 heterocycles. The van der Waals surface area contributed by atoms with Gasteiger partial charge in [0.2, 0.25) is 0 Å². The van der Waals surface area contributed by atoms with E-state index >= 15 is 0 Å². The molecular formula is C11H17NO2. The molecule has 78 valence electrons. The smallest absolute Gasteiger partial charge is 0.124 e. The van der Waals surface area contributed by atoms with Crippen LogP contribution in [0, 0.1) is 0 Å². The van der Waals surface area contributed by atoms with Crippen molar-refractivity contribution in [2.45, 2.75) is 18.9 Å². The second-order valence-corrected chi connectivity index (χ2v) is 3.81. The van der Waals surface area contributed by atoms with Gasteiger partial charge < -0.3 is 9.84 Å². The molecule has 14 heavy (non-hydrogen) atoms. The van der Waals surface area contributed by atoms with Gasteiger partial charge in [-0.05, 0) is 25.0 Å². The van der Waals surface area contributed by atoms with Crippen LogP contribution < -0.4 is 0 Å². The molecule has 2 rings (SSSR count). The lowest BCUT2D eigenvalue weighted by molar-refractivity contribution is -0.0240. The summed E-state index contributed by atoms with van der Waals surface area (Å²) in [5.41, 5.74) is 0. The molecule has 1 aliphatic heterocycles. The Balaban J connectivity index is 1.68. The number of allylic oxidation sites excluding steroid dienone is 3. The summed E-state index contributed by atoms with van der Waals surface area (Å²) >= 11 is 0. The van der Waals surface area contributed by atoms with E-state index in [0.717, 1.165) is 38.2 Å². The molecule has 1 fully saturated rings. The molecule has 0 saturated carbocycles. The van der Waals surface area contributed by atoms with E-state index in [0.29, 0.717) is 6.10 Å². The SMILES string of the molecule is OCCN1CC(OC2=CCCC=C2)C1. The zero-order valence-corrected chi connectivity index (χ0v) is 8.35. The predicted octanol–water partition coefficient (Wildman–Crippen LogP) is 0.913. The van der Waals surface area contributed by atoms with Gasteiger partial charge in [-0.1, -0.05) is 6.08 Å². The van der Waals surface area contributed by atoms with E-state index in [1.807, 2.05) is 0 Å². The minimum Gasteiger partial charge on any atom is -0.488 e. The Bertz CT molecular complexity index is 242. The van der Waals surface area contributed by atoms with Gasteiger partial charge in [0.25, 0.3) is 0 Å². The third-order valence-corrected chi connectivity index (χ3v) is 2.60. The molecule has 0 spiro atoms. The molecule has 2 aliphatic rings. The Labute approximate surface area is 84.7 Å². The summed E-state index contributed by atoms with van der Waals surface area (Å²) in [4.78, 5) is 2.19. The van der Waals surface area contributed by atoms with Crippen molar-refractivity contribution >= 4 is 0 Å². The summed E-state index contributed by atoms with van der Waals surface area (Å²) in [6.45, 7) is 2.92. The molecule has 0 aromatic carbocycles. The van der Waals surface area contributed by atoms with Gasteiger partial charge in [0.05, 0.1) is 6.61 Å². The number of hydrogen-bond donors (Lipinski definition) is 1. The second kappa shape index (κ2) is 4.62. The zero-order chi connectivity index (χ0) is 9.80. The van der Waals surface area contributed by atoms with Gasteiger partial charge in [0, 0.05) is 19.6 Å². The van der Waals surface area contributed by atoms with Crippen molar-refractivity contribution < 1.29 is 9.84 Å². The van der Waals surface area contributed by atoms with E-state index in [1.54, 1.807) is 0 Å². The lowest BCUT2D eigenvalue weighted by Crippen LogP contribution is -2.52. The van der Waals surface area contributed by atoms with Crippen molar-refractivity contribution in [3.63, 3.8) is 0 Å². The molecular weight excluding hydrogens is 178 g/mol. The van der Waals surface area contributed by atoms with Gasteiger partial charge in [-0.15, -0.1) is 0 Å². The highest BCUT2D eigenvalue weighted by Gasteiger charge is 2.27. The fourth-order valence-electron chi connectivity index (χ4n) is 1.79. The molecule has 1 aliphatic carbocycles. The number of ether oxygens (including phenoxy) is 1. The summed E-state index contributed by atoms with van der Waals surface area (Å²) in [5, 5.41) is 8.70. The first-order chi connectivity index (χ1) is 6.88. The highest BCUT2D eigenvalue weighted by Crippen LogP contribution is 2.18. The average Bonchev–Trinajstić information content (AvgIpc) is 2.16. The molecule has 0 atom stereocenters. The maximum absolute atomic E-state index is 8.70. The van der Waals surface area contributed by atoms with E-state index in [2.05, 4.69) is 23.1 Å². The van der Waals surface area contributed by atoms with Crippen LogP contribution in [-0.2, 0) is 4.74 Å². The highest BCUT2D eigenvalue weighted by atomic mass is 16.5. The number of β-amino-alcohol motifs (C(OH)–C–C–N with tert-alkyl or cyclic N) is 1. The molecule has 0 amide bonds. The van der Waals surface area contributed by atoms with E-state index < -0.39 is 0 Å². The van der Waals surface area contributed by atoms with Crippen LogP contribution in [0.1, 0.15) is 12.8 Å². The van der Waals surface area contributed by atoms with Crippen LogP contribution in [-0.4, -0.2) is 42.4 Å². The minimum absolute atomic E-state index is 0.245. The van der Waals surface area contributed by atoms with Crippen molar-refractivity contribution in [3.05, 3.63) is 24.0 Å². The fourth-order valence-corrected chi connectivity index (χ4v) is 1.79. The van der Waals surface area contributed by atoms with Crippen LogP contribution in [0.4, 0.5) is 0 Å². The number of likely N-dealkylation sites (tertiary alicyclic amines) is 1. The van der Waals surface area contributed by atoms with Gasteiger partial charge in [-0.2, -0.15) is 0 Å². The number of aliphatic hydroxyl groups is 1. The van der Waals surface area contributed by atoms with Gasteiger partial charge >= 0.3 is 0 Å². The first-order valence-corrected chi connectivity index (χ1v) is 5.25. The molecule has 1 saturated heterocycles. The third-order valence-electron chi connectivity index (χ3n) is 2.60. The minimum atomic E-state index is 0.245. The first kappa shape index (κ1) is 9.74. The Kier molecular flexibility index (Phi) is 3.22. The van der Waals surface area contributed by atoms with Crippen LogP contribution in [0.2, 0.25) is 0 Å². The van der Waals surface area contributed by atoms with Gasteiger partial charge in [0.1, 0.15) is 11.9 Å². The summed E-state index contributed by atoms with van der Waals surface area (Å²) in [6, 6.07) is 0. The topological polar surface area (TPSA) is 32.7 Å². The summed E-state index contributed by atoms with van der Waals surface area (Å²) in [6.07, 6.45) is 8.91. The fraction of sp³-hybridized carbons (Fsp3) is 0.636. The van der Waals surface area contributed by atoms with Crippen LogP contribution in [0.5, 0.6) is 0 Å². The van der Waals surface area contributed by atoms with Crippen molar-refractivity contribution in [2.75, 3.05) is 26.2 Å². The maximum atomic E-state index is 8.70. The lowest BCUT2D eigenvalue weighted by Gasteiger charge is -2.38. The van der Waals surface area contributed by atoms with Gasteiger partial charge in [0.15, 0.2) is 0 Å². The quantitative estimate of drug-likeness (QED) is 0.724. The van der Waals surface area contributed by atoms with E-state index in [4.69, 9.17) is 9.84 Å². The van der Waals surface area contributed by atoms with Gasteiger partial charge in [-0.3, -0.25) is 4.90 Å². The maximum Gasteiger partial charge on any atom is 0.124 e. The normalized spacial score (nSPS) is 23.1. The van der Waals surface area contributed by atoms with Crippen LogP contribution in [0.25, 0.3) is 0 Å². The Morgan fingerprint density at radius 2 is 2.29 bits per heavy atom. The largest absolute Gasteiger partial charge is 0.488 e. The first-order valence-electron chi connectivity index (χ1n) is 5.25. The van der Waals surface area contributed by atoms with Crippen LogP contribution >= 0.6 is 0 Å². The molecule has 0 bridgehead atoms. The molecule has 3 heteroatoms. The number of hydrogen-bond acceptors (Lipinski definition) is 3. The van der Waals surface area contributed by atoms with Crippen molar-refractivity contribution in [1.29, 1.82) is 0 Å². The molecule has 0 radical (unpaired) electrons. The standard InChI is InChI=1S/C11H17NO2/c13-7-6-12-8-11(9-12)14-10-4-2-1-3-5-10/h2,4-5,11,13H,1,3,6-9H2. The van der Waals surface area contributed by atoms with Crippen molar-refractivity contribution in [2.24, 2.45) is 0 Å². The van der Waals surface area contributed by atoms with Gasteiger partial charge in [-0.25, -0.2) is 0 Å². The Hall–Kier alpha value is -0.800. The number of aliphatic hydroxyl groups excluding tert-OH is 1. The van der Waals surface area contributed by atoms with Crippen molar-refractivity contribution in [1.82, 2.24) is 4.90 Å². The van der Waals surface area contributed by atoms with Crippen LogP contribution in [0.3, 0.4) is 0 Å². The van der Waals surface area contributed by atoms with Crippen LogP contribution in [0.15, 0.2) is 24.0 Å². The molecule has 3 nitrogen and oxygen atoms in total. The lowest BCUT2D eigenvalue weighted by atomic mass is 10.1. The molecule has 1 N–H and O–H groups in total. The Morgan fingerprint density at radius 3 is 2.93 bits per heavy atom. The predicted molar refractivity (Wildman–Crippen MR) is 54.9 cm³/mol. The van der Waals surface area contributed by atoms with E-state index in [1.165, 1.54) is 0 Å². The summed E-state index contributed by atoms with van der Waals surface area (Å²) in [7, 11) is 0. The summed E-state index contributed by atoms with van der Waals surface area (Å²) < 4.78 is 5.75.